The Morgan fingerprint density at radius 3 is 2.76 bits per heavy atom. The summed E-state index contributed by atoms with van der Waals surface area (Å²) in [5.74, 6) is -0.447. The molecule has 6 nitrogen and oxygen atoms in total. The van der Waals surface area contributed by atoms with E-state index < -0.39 is 5.90 Å². The van der Waals surface area contributed by atoms with Gasteiger partial charge in [0.1, 0.15) is 0 Å². The van der Waals surface area contributed by atoms with Crippen LogP contribution in [0, 0.1) is 0 Å². The average molecular weight is 249 g/mol. The molecular weight excluding hydrogens is 242 g/mol. The van der Waals surface area contributed by atoms with E-state index in [-0.39, 0.29) is 5.95 Å². The van der Waals surface area contributed by atoms with Gasteiger partial charge >= 0.3 is 0 Å². The Bertz CT molecular complexity index is 532. The Kier molecular flexibility index (Phi) is 3.46. The minimum atomic E-state index is -0.457. The molecule has 0 fully saturated rings. The molecule has 0 bridgehead atoms. The van der Waals surface area contributed by atoms with E-state index in [2.05, 4.69) is 25.6 Å². The summed E-state index contributed by atoms with van der Waals surface area (Å²) in [6.07, 6.45) is 2.95. The minimum absolute atomic E-state index is 0.00996. The lowest BCUT2D eigenvalue weighted by atomic mass is 10.2. The Morgan fingerprint density at radius 2 is 2.12 bits per heavy atom. The Hall–Kier alpha value is -2.21. The lowest BCUT2D eigenvalue weighted by Gasteiger charge is -2.01. The first-order chi connectivity index (χ1) is 8.24. The van der Waals surface area contributed by atoms with E-state index in [1.165, 1.54) is 6.08 Å². The maximum Gasteiger partial charge on any atom is 0.288 e. The van der Waals surface area contributed by atoms with E-state index >= 15 is 0 Å². The van der Waals surface area contributed by atoms with Crippen molar-refractivity contribution in [3.63, 3.8) is 0 Å². The lowest BCUT2D eigenvalue weighted by molar-refractivity contribution is -0.211. The van der Waals surface area contributed by atoms with Crippen LogP contribution in [0.3, 0.4) is 0 Å². The molecule has 0 unspecified atom stereocenters. The summed E-state index contributed by atoms with van der Waals surface area (Å²) in [6, 6.07) is 7.06. The number of benzene rings is 1. The summed E-state index contributed by atoms with van der Waals surface area (Å²) >= 11 is 5.73. The molecule has 0 amide bonds. The predicted molar refractivity (Wildman–Crippen MR) is 61.8 cm³/mol. The van der Waals surface area contributed by atoms with Gasteiger partial charge in [0.25, 0.3) is 5.95 Å². The molecule has 86 valence electrons. The molecule has 0 radical (unpaired) electrons. The van der Waals surface area contributed by atoms with Gasteiger partial charge in [-0.2, -0.15) is 5.21 Å². The third kappa shape index (κ3) is 3.39. The number of halogens is 1. The number of nitrogens with one attached hydrogen (secondary N) is 1. The summed E-state index contributed by atoms with van der Waals surface area (Å²) in [4.78, 5) is 3.58. The smallest absolute Gasteiger partial charge is 0.288 e. The van der Waals surface area contributed by atoms with Crippen LogP contribution in [0.15, 0.2) is 35.3 Å². The molecule has 0 aliphatic rings. The number of aliphatic imine (C=N–C) groups is 1. The van der Waals surface area contributed by atoms with Crippen molar-refractivity contribution in [3.8, 4) is 0 Å². The third-order valence-electron chi connectivity index (χ3n) is 1.83. The van der Waals surface area contributed by atoms with Crippen LogP contribution in [0.2, 0.25) is 5.02 Å². The minimum Gasteiger partial charge on any atom is -0.859 e. The molecule has 0 atom stereocenters. The van der Waals surface area contributed by atoms with Gasteiger partial charge in [0.05, 0.1) is 0 Å². The highest BCUT2D eigenvalue weighted by Gasteiger charge is 1.91. The summed E-state index contributed by atoms with van der Waals surface area (Å²) < 4.78 is 0. The molecule has 2 rings (SSSR count). The fourth-order valence-electron chi connectivity index (χ4n) is 1.08. The second kappa shape index (κ2) is 5.22. The zero-order valence-corrected chi connectivity index (χ0v) is 9.30. The maximum absolute atomic E-state index is 11.3. The van der Waals surface area contributed by atoms with Crippen LogP contribution in [0.25, 0.3) is 6.08 Å². The van der Waals surface area contributed by atoms with Crippen molar-refractivity contribution in [1.29, 1.82) is 0 Å². The Balaban J connectivity index is 2.08. The number of rotatable bonds is 3. The van der Waals surface area contributed by atoms with Gasteiger partial charge in [-0.1, -0.05) is 41.0 Å². The highest BCUT2D eigenvalue weighted by Crippen LogP contribution is 2.10. The summed E-state index contributed by atoms with van der Waals surface area (Å²) in [5, 5.41) is 24.5. The van der Waals surface area contributed by atoms with Crippen LogP contribution >= 0.6 is 11.6 Å². The van der Waals surface area contributed by atoms with Crippen molar-refractivity contribution in [2.45, 2.75) is 0 Å². The van der Waals surface area contributed by atoms with Gasteiger partial charge in [-0.05, 0) is 28.8 Å². The second-order valence-corrected chi connectivity index (χ2v) is 3.48. The number of aromatic amines is 1. The van der Waals surface area contributed by atoms with E-state index in [1.54, 1.807) is 30.3 Å². The van der Waals surface area contributed by atoms with Crippen molar-refractivity contribution in [3.05, 3.63) is 40.9 Å². The van der Waals surface area contributed by atoms with Crippen molar-refractivity contribution in [1.82, 2.24) is 20.6 Å². The second-order valence-electron chi connectivity index (χ2n) is 3.05. The predicted octanol–water partition coefficient (Wildman–Crippen LogP) is 0.957. The number of H-pyrrole nitrogens is 1. The molecule has 0 saturated carbocycles. The van der Waals surface area contributed by atoms with Gasteiger partial charge in [-0.25, -0.2) is 4.99 Å². The highest BCUT2D eigenvalue weighted by atomic mass is 35.5. The van der Waals surface area contributed by atoms with Crippen LogP contribution < -0.4 is 5.11 Å². The molecule has 0 aliphatic heterocycles. The molecular formula is C10H7ClN5O-. The van der Waals surface area contributed by atoms with Crippen molar-refractivity contribution >= 4 is 29.5 Å². The van der Waals surface area contributed by atoms with Crippen LogP contribution in [-0.4, -0.2) is 26.5 Å². The SMILES string of the molecule is [O-]C(C=Cc1ccc(Cl)cc1)=Nc1nn[nH]n1. The zero-order chi connectivity index (χ0) is 12.1. The first-order valence-electron chi connectivity index (χ1n) is 4.67. The zero-order valence-electron chi connectivity index (χ0n) is 8.54. The molecule has 0 aliphatic carbocycles. The number of hydrogen-bond donors (Lipinski definition) is 1. The molecule has 1 aromatic heterocycles. The molecule has 1 heterocycles. The van der Waals surface area contributed by atoms with Crippen LogP contribution in [0.1, 0.15) is 5.56 Å². The van der Waals surface area contributed by atoms with E-state index in [0.717, 1.165) is 5.56 Å². The molecule has 0 saturated heterocycles. The van der Waals surface area contributed by atoms with Gasteiger partial charge in [0, 0.05) is 5.02 Å². The van der Waals surface area contributed by atoms with Crippen molar-refractivity contribution in [2.24, 2.45) is 4.99 Å². The van der Waals surface area contributed by atoms with E-state index in [0.29, 0.717) is 5.02 Å². The van der Waals surface area contributed by atoms with Crippen molar-refractivity contribution in [2.75, 3.05) is 0 Å². The van der Waals surface area contributed by atoms with Gasteiger partial charge < -0.3 is 5.11 Å². The normalized spacial score (nSPS) is 12.2. The summed E-state index contributed by atoms with van der Waals surface area (Å²) in [5.41, 5.74) is 0.853. The van der Waals surface area contributed by atoms with Crippen LogP contribution in [0.5, 0.6) is 0 Å². The number of aromatic nitrogens is 4. The topological polar surface area (TPSA) is 89.9 Å². The molecule has 0 spiro atoms. The third-order valence-corrected chi connectivity index (χ3v) is 2.08. The molecule has 1 N–H and O–H groups in total. The van der Waals surface area contributed by atoms with Gasteiger partial charge in [-0.15, -0.1) is 5.10 Å². The fraction of sp³-hybridized carbons (Fsp3) is 0. The molecule has 17 heavy (non-hydrogen) atoms. The van der Waals surface area contributed by atoms with Gasteiger partial charge in [-0.3, -0.25) is 0 Å². The number of hydrogen-bond acceptors (Lipinski definition) is 5. The lowest BCUT2D eigenvalue weighted by Crippen LogP contribution is -2.13. The van der Waals surface area contributed by atoms with Crippen LogP contribution in [0.4, 0.5) is 5.95 Å². The number of nitrogens with zero attached hydrogens (tertiary/aromatic N) is 4. The maximum atomic E-state index is 11.3. The van der Waals surface area contributed by atoms with E-state index in [4.69, 9.17) is 11.6 Å². The van der Waals surface area contributed by atoms with Gasteiger partial charge in [0.15, 0.2) is 0 Å². The molecule has 7 heteroatoms. The summed E-state index contributed by atoms with van der Waals surface area (Å²) in [7, 11) is 0. The largest absolute Gasteiger partial charge is 0.859 e. The molecule has 1 aromatic carbocycles. The summed E-state index contributed by atoms with van der Waals surface area (Å²) in [6.45, 7) is 0. The van der Waals surface area contributed by atoms with Crippen LogP contribution in [-0.2, 0) is 0 Å². The van der Waals surface area contributed by atoms with Gasteiger partial charge in [0.2, 0.25) is 0 Å². The average Bonchev–Trinajstić information content (AvgIpc) is 2.81. The quantitative estimate of drug-likeness (QED) is 0.647. The van der Waals surface area contributed by atoms with Crippen molar-refractivity contribution < 1.29 is 5.11 Å². The highest BCUT2D eigenvalue weighted by molar-refractivity contribution is 6.30. The first-order valence-corrected chi connectivity index (χ1v) is 5.04. The Morgan fingerprint density at radius 1 is 1.35 bits per heavy atom. The first kappa shape index (κ1) is 11.3. The van der Waals surface area contributed by atoms with E-state index in [1.807, 2.05) is 0 Å². The standard InChI is InChI=1S/C10H8ClN5O/c11-8-4-1-7(2-5-8)3-6-9(17)12-10-13-15-16-14-10/h1-6H,(H2,12,13,14,15,16,17)/p-1. The Labute approximate surface area is 102 Å². The molecule has 2 aromatic rings. The number of tetrazole rings is 1. The monoisotopic (exact) mass is 248 g/mol. The van der Waals surface area contributed by atoms with E-state index in [9.17, 15) is 5.11 Å². The fourth-order valence-corrected chi connectivity index (χ4v) is 1.21.